The second kappa shape index (κ2) is 10.2. The van der Waals surface area contributed by atoms with Gasteiger partial charge in [-0.25, -0.2) is 4.68 Å². The molecule has 3 aromatic carbocycles. The minimum absolute atomic E-state index is 0.0772. The first-order valence-electron chi connectivity index (χ1n) is 11.0. The first-order chi connectivity index (χ1) is 16.4. The van der Waals surface area contributed by atoms with E-state index in [-0.39, 0.29) is 12.5 Å². The Bertz CT molecular complexity index is 1250. The van der Waals surface area contributed by atoms with E-state index in [1.807, 2.05) is 68.4 Å². The van der Waals surface area contributed by atoms with E-state index in [1.54, 1.807) is 35.1 Å². The topological polar surface area (TPSA) is 76.4 Å². The van der Waals surface area contributed by atoms with Crippen molar-refractivity contribution in [3.05, 3.63) is 95.1 Å². The lowest BCUT2D eigenvalue weighted by molar-refractivity contribution is 0.0220. The number of amides is 1. The normalized spacial score (nSPS) is 12.7. The fraction of sp³-hybridized carbons (Fsp3) is 0.185. The quantitative estimate of drug-likeness (QED) is 0.295. The van der Waals surface area contributed by atoms with Crippen molar-refractivity contribution in [2.75, 3.05) is 11.9 Å². The molecule has 0 radical (unpaired) electrons. The molecule has 0 aliphatic heterocycles. The van der Waals surface area contributed by atoms with Crippen LogP contribution in [-0.4, -0.2) is 33.0 Å². The summed E-state index contributed by atoms with van der Waals surface area (Å²) in [4.78, 5) is 13.3. The molecule has 0 bridgehead atoms. The van der Waals surface area contributed by atoms with E-state index >= 15 is 0 Å². The van der Waals surface area contributed by atoms with Crippen molar-refractivity contribution in [1.82, 2.24) is 9.78 Å². The minimum atomic E-state index is -0.642. The number of anilines is 1. The predicted molar refractivity (Wildman–Crippen MR) is 138 cm³/mol. The lowest BCUT2D eigenvalue weighted by atomic mass is 10.1. The summed E-state index contributed by atoms with van der Waals surface area (Å²) in [7, 11) is 0. The molecule has 1 unspecified atom stereocenters. The Morgan fingerprint density at radius 2 is 1.74 bits per heavy atom. The van der Waals surface area contributed by atoms with Crippen molar-refractivity contribution in [2.24, 2.45) is 0 Å². The number of ether oxygens (including phenoxy) is 1. The molecule has 174 valence electrons. The van der Waals surface area contributed by atoms with E-state index in [2.05, 4.69) is 21.2 Å². The predicted octanol–water partition coefficient (Wildman–Crippen LogP) is 6.09. The number of benzene rings is 3. The molecule has 0 aliphatic carbocycles. The van der Waals surface area contributed by atoms with Crippen molar-refractivity contribution >= 4 is 27.5 Å². The van der Waals surface area contributed by atoms with Crippen LogP contribution in [0.2, 0.25) is 0 Å². The summed E-state index contributed by atoms with van der Waals surface area (Å²) in [5, 5.41) is 17.2. The number of carbonyl (C=O) groups excluding carboxylic acids is 1. The standard InChI is InChI=1S/C27H26BrN3O3/c1-3-27(2,18-32)34-23-15-13-21(14-16-23)29-26(33)24-17-31(22-7-5-4-6-8-22)30-25(24)19-9-11-20(28)12-10-19/h4-17,32H,3,18H2,1-2H3,(H,29,33). The molecule has 4 rings (SSSR count). The largest absolute Gasteiger partial charge is 0.485 e. The SMILES string of the molecule is CCC(C)(CO)Oc1ccc(NC(=O)c2cn(-c3ccccc3)nc2-c2ccc(Br)cc2)cc1. The third-order valence-electron chi connectivity index (χ3n) is 5.66. The highest BCUT2D eigenvalue weighted by Gasteiger charge is 2.23. The van der Waals surface area contributed by atoms with Gasteiger partial charge >= 0.3 is 0 Å². The zero-order valence-electron chi connectivity index (χ0n) is 19.0. The van der Waals surface area contributed by atoms with Crippen LogP contribution in [0.15, 0.2) is 89.5 Å². The lowest BCUT2D eigenvalue weighted by Gasteiger charge is -2.27. The molecule has 1 aromatic heterocycles. The first kappa shape index (κ1) is 23.7. The van der Waals surface area contributed by atoms with E-state index in [0.717, 1.165) is 15.7 Å². The lowest BCUT2D eigenvalue weighted by Crippen LogP contribution is -2.35. The van der Waals surface area contributed by atoms with E-state index in [4.69, 9.17) is 9.84 Å². The van der Waals surface area contributed by atoms with Crippen LogP contribution in [0, 0.1) is 0 Å². The minimum Gasteiger partial charge on any atom is -0.485 e. The second-order valence-corrected chi connectivity index (χ2v) is 9.14. The van der Waals surface area contributed by atoms with Crippen LogP contribution in [0.4, 0.5) is 5.69 Å². The maximum absolute atomic E-state index is 13.3. The molecule has 0 saturated carbocycles. The number of aliphatic hydroxyl groups excluding tert-OH is 1. The molecular weight excluding hydrogens is 494 g/mol. The van der Waals surface area contributed by atoms with Gasteiger partial charge in [0.1, 0.15) is 17.0 Å². The highest BCUT2D eigenvalue weighted by atomic mass is 79.9. The van der Waals surface area contributed by atoms with Gasteiger partial charge in [-0.3, -0.25) is 4.79 Å². The summed E-state index contributed by atoms with van der Waals surface area (Å²) in [6.07, 6.45) is 2.42. The van der Waals surface area contributed by atoms with Gasteiger partial charge in [-0.1, -0.05) is 53.2 Å². The van der Waals surface area contributed by atoms with Crippen molar-refractivity contribution in [1.29, 1.82) is 0 Å². The number of aliphatic hydroxyl groups is 1. The van der Waals surface area contributed by atoms with Gasteiger partial charge in [-0.05, 0) is 61.9 Å². The fourth-order valence-corrected chi connectivity index (χ4v) is 3.64. The third-order valence-corrected chi connectivity index (χ3v) is 6.18. The average molecular weight is 520 g/mol. The third kappa shape index (κ3) is 5.38. The number of rotatable bonds is 8. The van der Waals surface area contributed by atoms with E-state index in [0.29, 0.717) is 29.1 Å². The van der Waals surface area contributed by atoms with Crippen LogP contribution in [0.5, 0.6) is 5.75 Å². The monoisotopic (exact) mass is 519 g/mol. The van der Waals surface area contributed by atoms with Gasteiger partial charge < -0.3 is 15.2 Å². The molecule has 1 heterocycles. The van der Waals surface area contributed by atoms with Crippen LogP contribution in [0.1, 0.15) is 30.6 Å². The average Bonchev–Trinajstić information content (AvgIpc) is 3.32. The van der Waals surface area contributed by atoms with Crippen molar-refractivity contribution in [3.8, 4) is 22.7 Å². The Morgan fingerprint density at radius 1 is 1.06 bits per heavy atom. The molecule has 7 heteroatoms. The zero-order chi connectivity index (χ0) is 24.1. The molecule has 1 amide bonds. The number of carbonyl (C=O) groups is 1. The van der Waals surface area contributed by atoms with Crippen molar-refractivity contribution in [2.45, 2.75) is 25.9 Å². The molecule has 0 fully saturated rings. The van der Waals surface area contributed by atoms with Crippen LogP contribution >= 0.6 is 15.9 Å². The van der Waals surface area contributed by atoms with E-state index in [1.165, 1.54) is 0 Å². The summed E-state index contributed by atoms with van der Waals surface area (Å²) in [5.41, 5.74) is 2.75. The van der Waals surface area contributed by atoms with Gasteiger partial charge in [0.2, 0.25) is 0 Å². The van der Waals surface area contributed by atoms with Crippen molar-refractivity contribution < 1.29 is 14.6 Å². The highest BCUT2D eigenvalue weighted by Crippen LogP contribution is 2.27. The molecule has 0 aliphatic rings. The summed E-state index contributed by atoms with van der Waals surface area (Å²) < 4.78 is 8.57. The molecule has 2 N–H and O–H groups in total. The number of aromatic nitrogens is 2. The Kier molecular flexibility index (Phi) is 7.14. The first-order valence-corrected chi connectivity index (χ1v) is 11.8. The van der Waals surface area contributed by atoms with Gasteiger partial charge in [0.15, 0.2) is 0 Å². The summed E-state index contributed by atoms with van der Waals surface area (Å²) in [6, 6.07) is 24.5. The van der Waals surface area contributed by atoms with Gasteiger partial charge in [0.25, 0.3) is 5.91 Å². The van der Waals surface area contributed by atoms with Crippen LogP contribution in [0.25, 0.3) is 16.9 Å². The van der Waals surface area contributed by atoms with E-state index in [9.17, 15) is 9.90 Å². The highest BCUT2D eigenvalue weighted by molar-refractivity contribution is 9.10. The van der Waals surface area contributed by atoms with E-state index < -0.39 is 5.60 Å². The second-order valence-electron chi connectivity index (χ2n) is 8.22. The molecule has 4 aromatic rings. The summed E-state index contributed by atoms with van der Waals surface area (Å²) in [6.45, 7) is 3.74. The number of hydrogen-bond donors (Lipinski definition) is 2. The maximum Gasteiger partial charge on any atom is 0.259 e. The molecule has 0 spiro atoms. The molecule has 6 nitrogen and oxygen atoms in total. The van der Waals surface area contributed by atoms with Crippen LogP contribution in [0.3, 0.4) is 0 Å². The number of para-hydroxylation sites is 1. The fourth-order valence-electron chi connectivity index (χ4n) is 3.38. The van der Waals surface area contributed by atoms with Crippen LogP contribution < -0.4 is 10.1 Å². The summed E-state index contributed by atoms with van der Waals surface area (Å²) >= 11 is 3.46. The Balaban J connectivity index is 1.61. The molecule has 1 atom stereocenters. The Labute approximate surface area is 207 Å². The van der Waals surface area contributed by atoms with Crippen LogP contribution in [-0.2, 0) is 0 Å². The number of nitrogens with one attached hydrogen (secondary N) is 1. The number of halogens is 1. The van der Waals surface area contributed by atoms with Gasteiger partial charge in [-0.2, -0.15) is 5.10 Å². The summed E-state index contributed by atoms with van der Waals surface area (Å²) in [5.74, 6) is 0.367. The maximum atomic E-state index is 13.3. The number of nitrogens with zero attached hydrogens (tertiary/aromatic N) is 2. The van der Waals surface area contributed by atoms with Gasteiger partial charge in [0, 0.05) is 21.9 Å². The Hall–Kier alpha value is -3.42. The van der Waals surface area contributed by atoms with Gasteiger partial charge in [0.05, 0.1) is 17.9 Å². The Morgan fingerprint density at radius 3 is 2.35 bits per heavy atom. The smallest absolute Gasteiger partial charge is 0.259 e. The molecular formula is C27H26BrN3O3. The molecule has 34 heavy (non-hydrogen) atoms. The van der Waals surface area contributed by atoms with Crippen molar-refractivity contribution in [3.63, 3.8) is 0 Å². The number of hydrogen-bond acceptors (Lipinski definition) is 4. The molecule has 0 saturated heterocycles. The zero-order valence-corrected chi connectivity index (χ0v) is 20.6. The van der Waals surface area contributed by atoms with Gasteiger partial charge in [-0.15, -0.1) is 0 Å².